The summed E-state index contributed by atoms with van der Waals surface area (Å²) in [7, 11) is 0. The lowest BCUT2D eigenvalue weighted by Gasteiger charge is -2.30. The number of carbonyl (C=O) groups excluding carboxylic acids is 1. The van der Waals surface area contributed by atoms with E-state index < -0.39 is 18.0 Å². The zero-order valence-corrected chi connectivity index (χ0v) is 23.8. The van der Waals surface area contributed by atoms with E-state index in [0.717, 1.165) is 25.9 Å². The lowest BCUT2D eigenvalue weighted by atomic mass is 9.99. The van der Waals surface area contributed by atoms with E-state index >= 15 is 0 Å². The molecule has 3 aliphatic rings. The van der Waals surface area contributed by atoms with Crippen molar-refractivity contribution >= 4 is 23.3 Å². The van der Waals surface area contributed by atoms with Crippen LogP contribution in [0.5, 0.6) is 11.5 Å². The van der Waals surface area contributed by atoms with Gasteiger partial charge in [0.1, 0.15) is 31.0 Å². The molecule has 0 spiro atoms. The molecule has 2 fully saturated rings. The molecule has 1 amide bonds. The fraction of sp³-hybridized carbons (Fsp3) is 0.419. The van der Waals surface area contributed by atoms with Crippen molar-refractivity contribution < 1.29 is 28.2 Å². The van der Waals surface area contributed by atoms with Gasteiger partial charge in [0.15, 0.2) is 17.3 Å². The van der Waals surface area contributed by atoms with Crippen molar-refractivity contribution in [2.24, 2.45) is 5.92 Å². The molecule has 1 aromatic heterocycles. The van der Waals surface area contributed by atoms with Gasteiger partial charge in [0.05, 0.1) is 22.7 Å². The number of nitrogens with one attached hydrogen (secondary N) is 1. The number of anilines is 1. The molecule has 0 radical (unpaired) electrons. The number of rotatable bonds is 8. The Morgan fingerprint density at radius 3 is 2.62 bits per heavy atom. The third kappa shape index (κ3) is 6.16. The van der Waals surface area contributed by atoms with Crippen LogP contribution in [0.2, 0.25) is 5.02 Å². The highest BCUT2D eigenvalue weighted by Gasteiger charge is 2.34. The number of aliphatic hydroxyl groups excluding tert-OH is 1. The average molecular weight is 599 g/mol. The summed E-state index contributed by atoms with van der Waals surface area (Å²) >= 11 is 6.41. The first-order valence-corrected chi connectivity index (χ1v) is 14.7. The SMILES string of the molecule is O=C(NC(CN1CCCC1)C(O)c1cc(F)c2c(c1)OCCO2)C1CCN(c2ccc(Cl)c(-c3ccc(F)cc3)n2)C1. The number of benzene rings is 2. The summed E-state index contributed by atoms with van der Waals surface area (Å²) in [5.74, 6) is -0.478. The summed E-state index contributed by atoms with van der Waals surface area (Å²) in [6, 6.07) is 11.8. The molecule has 4 heterocycles. The second-order valence-corrected chi connectivity index (χ2v) is 11.4. The first-order valence-electron chi connectivity index (χ1n) is 14.3. The van der Waals surface area contributed by atoms with Crippen LogP contribution in [-0.4, -0.2) is 72.9 Å². The molecule has 11 heteroatoms. The third-order valence-corrected chi connectivity index (χ3v) is 8.46. The Hall–Kier alpha value is -3.47. The predicted molar refractivity (Wildman–Crippen MR) is 155 cm³/mol. The fourth-order valence-corrected chi connectivity index (χ4v) is 6.12. The van der Waals surface area contributed by atoms with E-state index in [0.29, 0.717) is 60.3 Å². The van der Waals surface area contributed by atoms with Gasteiger partial charge in [0.25, 0.3) is 0 Å². The van der Waals surface area contributed by atoms with Gasteiger partial charge in [-0.25, -0.2) is 13.8 Å². The van der Waals surface area contributed by atoms with Crippen LogP contribution >= 0.6 is 11.6 Å². The number of aromatic nitrogens is 1. The van der Waals surface area contributed by atoms with E-state index in [2.05, 4.69) is 10.2 Å². The van der Waals surface area contributed by atoms with Crippen LogP contribution in [0.4, 0.5) is 14.6 Å². The van der Waals surface area contributed by atoms with Crippen LogP contribution in [-0.2, 0) is 4.79 Å². The number of fused-ring (bicyclic) bond motifs is 1. The number of carbonyl (C=O) groups is 1. The van der Waals surface area contributed by atoms with E-state index in [1.165, 1.54) is 18.2 Å². The number of hydrogen-bond acceptors (Lipinski definition) is 7. The van der Waals surface area contributed by atoms with Gasteiger partial charge >= 0.3 is 0 Å². The Kier molecular flexibility index (Phi) is 8.46. The molecule has 6 rings (SSSR count). The molecule has 2 aromatic carbocycles. The van der Waals surface area contributed by atoms with Crippen molar-refractivity contribution in [3.63, 3.8) is 0 Å². The lowest BCUT2D eigenvalue weighted by molar-refractivity contribution is -0.126. The minimum absolute atomic E-state index is 0.0433. The zero-order valence-electron chi connectivity index (χ0n) is 23.1. The molecule has 2 N–H and O–H groups in total. The normalized spacial score (nSPS) is 20.0. The van der Waals surface area contributed by atoms with Gasteiger partial charge in [-0.1, -0.05) is 11.6 Å². The molecule has 2 saturated heterocycles. The molecular weight excluding hydrogens is 566 g/mol. The Balaban J connectivity index is 1.17. The highest BCUT2D eigenvalue weighted by atomic mass is 35.5. The Morgan fingerprint density at radius 1 is 1.07 bits per heavy atom. The van der Waals surface area contributed by atoms with Crippen molar-refractivity contribution in [1.29, 1.82) is 0 Å². The predicted octanol–water partition coefficient (Wildman–Crippen LogP) is 4.59. The minimum atomic E-state index is -1.14. The molecule has 3 unspecified atom stereocenters. The maximum atomic E-state index is 14.8. The maximum absolute atomic E-state index is 14.8. The number of pyridine rings is 1. The molecule has 222 valence electrons. The van der Waals surface area contributed by atoms with Crippen LogP contribution in [0.3, 0.4) is 0 Å². The monoisotopic (exact) mass is 598 g/mol. The molecular formula is C31H33ClF2N4O4. The number of nitrogens with zero attached hydrogens (tertiary/aromatic N) is 3. The average Bonchev–Trinajstić information content (AvgIpc) is 3.70. The summed E-state index contributed by atoms with van der Waals surface area (Å²) in [5, 5.41) is 14.9. The van der Waals surface area contributed by atoms with Gasteiger partial charge in [-0.15, -0.1) is 0 Å². The van der Waals surface area contributed by atoms with Crippen molar-refractivity contribution in [3.05, 3.63) is 70.8 Å². The topological polar surface area (TPSA) is 87.2 Å². The second kappa shape index (κ2) is 12.4. The van der Waals surface area contributed by atoms with Gasteiger partial charge in [-0.3, -0.25) is 4.79 Å². The number of hydrogen-bond donors (Lipinski definition) is 2. The van der Waals surface area contributed by atoms with Crippen LogP contribution in [0.15, 0.2) is 48.5 Å². The first-order chi connectivity index (χ1) is 20.4. The highest BCUT2D eigenvalue weighted by molar-refractivity contribution is 6.33. The number of ether oxygens (including phenoxy) is 2. The van der Waals surface area contributed by atoms with Crippen molar-refractivity contribution in [1.82, 2.24) is 15.2 Å². The molecule has 3 atom stereocenters. The molecule has 0 saturated carbocycles. The Bertz CT molecular complexity index is 1440. The number of likely N-dealkylation sites (tertiary alicyclic amines) is 1. The van der Waals surface area contributed by atoms with Gasteiger partial charge in [0, 0.05) is 25.2 Å². The minimum Gasteiger partial charge on any atom is -0.486 e. The summed E-state index contributed by atoms with van der Waals surface area (Å²) in [6.07, 6.45) is 1.57. The van der Waals surface area contributed by atoms with Gasteiger partial charge in [-0.2, -0.15) is 0 Å². The lowest BCUT2D eigenvalue weighted by Crippen LogP contribution is -2.48. The Labute approximate surface area is 248 Å². The van der Waals surface area contributed by atoms with E-state index in [1.807, 2.05) is 11.0 Å². The number of amides is 1. The van der Waals surface area contributed by atoms with E-state index in [9.17, 15) is 18.7 Å². The van der Waals surface area contributed by atoms with Crippen LogP contribution in [0, 0.1) is 17.6 Å². The van der Waals surface area contributed by atoms with Crippen molar-refractivity contribution in [2.45, 2.75) is 31.4 Å². The van der Waals surface area contributed by atoms with Gasteiger partial charge < -0.3 is 29.7 Å². The second-order valence-electron chi connectivity index (χ2n) is 11.0. The maximum Gasteiger partial charge on any atom is 0.225 e. The molecule has 3 aliphatic heterocycles. The number of aliphatic hydroxyl groups is 1. The van der Waals surface area contributed by atoms with E-state index in [4.69, 9.17) is 26.1 Å². The quantitative estimate of drug-likeness (QED) is 0.392. The summed E-state index contributed by atoms with van der Waals surface area (Å²) in [4.78, 5) is 22.5. The molecule has 0 aliphatic carbocycles. The smallest absolute Gasteiger partial charge is 0.225 e. The zero-order chi connectivity index (χ0) is 29.2. The van der Waals surface area contributed by atoms with Crippen molar-refractivity contribution in [2.75, 3.05) is 50.8 Å². The summed E-state index contributed by atoms with van der Waals surface area (Å²) in [5.41, 5.74) is 1.57. The third-order valence-electron chi connectivity index (χ3n) is 8.16. The largest absolute Gasteiger partial charge is 0.486 e. The summed E-state index contributed by atoms with van der Waals surface area (Å²) < 4.78 is 39.2. The standard InChI is InChI=1S/C31H33ClF2N4O4/c32-23-7-8-27(36-28(23)19-3-5-22(33)6-4-19)38-12-9-20(17-38)31(40)35-25(18-37-10-1-2-11-37)29(39)21-15-24(34)30-26(16-21)41-13-14-42-30/h3-8,15-16,20,25,29,39H,1-2,9-14,17-18H2,(H,35,40). The van der Waals surface area contributed by atoms with Gasteiger partial charge in [-0.05, 0) is 86.4 Å². The van der Waals surface area contributed by atoms with Crippen LogP contribution in [0.1, 0.15) is 30.9 Å². The fourth-order valence-electron chi connectivity index (χ4n) is 5.90. The number of halogens is 3. The Morgan fingerprint density at radius 2 is 1.83 bits per heavy atom. The van der Waals surface area contributed by atoms with Crippen molar-refractivity contribution in [3.8, 4) is 22.8 Å². The molecule has 42 heavy (non-hydrogen) atoms. The molecule has 0 bridgehead atoms. The van der Waals surface area contributed by atoms with E-state index in [1.54, 1.807) is 24.3 Å². The highest BCUT2D eigenvalue weighted by Crippen LogP contribution is 2.37. The summed E-state index contributed by atoms with van der Waals surface area (Å²) in [6.45, 7) is 3.81. The molecule has 3 aromatic rings. The van der Waals surface area contributed by atoms with Crippen LogP contribution in [0.25, 0.3) is 11.3 Å². The molecule has 8 nitrogen and oxygen atoms in total. The van der Waals surface area contributed by atoms with Crippen LogP contribution < -0.4 is 19.7 Å². The first kappa shape index (κ1) is 28.6. The van der Waals surface area contributed by atoms with Gasteiger partial charge in [0.2, 0.25) is 5.91 Å². The van der Waals surface area contributed by atoms with E-state index in [-0.39, 0.29) is 35.7 Å².